The molecule has 4 rings (SSSR count). The number of benzene rings is 3. The number of allylic oxidation sites excluding steroid dienone is 6. The van der Waals surface area contributed by atoms with Crippen LogP contribution in [0.3, 0.4) is 0 Å². The van der Waals surface area contributed by atoms with E-state index < -0.39 is 0 Å². The highest BCUT2D eigenvalue weighted by molar-refractivity contribution is 5.77. The third-order valence-corrected chi connectivity index (χ3v) is 6.04. The number of ether oxygens (including phenoxy) is 1. The maximum Gasteiger partial charge on any atom is 0.269 e. The van der Waals surface area contributed by atoms with Gasteiger partial charge in [-0.2, -0.15) is 0 Å². The van der Waals surface area contributed by atoms with Crippen molar-refractivity contribution in [3.63, 3.8) is 0 Å². The van der Waals surface area contributed by atoms with Crippen LogP contribution in [0, 0.1) is 24.8 Å². The maximum atomic E-state index is 9.20. The summed E-state index contributed by atoms with van der Waals surface area (Å²) < 4.78 is 5.77. The van der Waals surface area contributed by atoms with Gasteiger partial charge in [-0.15, -0.1) is 0 Å². The van der Waals surface area contributed by atoms with E-state index in [9.17, 15) is 5.26 Å². The Kier molecular flexibility index (Phi) is 8.04. The highest BCUT2D eigenvalue weighted by atomic mass is 16.5. The summed E-state index contributed by atoms with van der Waals surface area (Å²) in [6.07, 6.45) is 9.45. The fourth-order valence-corrected chi connectivity index (χ4v) is 4.19. The van der Waals surface area contributed by atoms with Crippen molar-refractivity contribution in [2.24, 2.45) is 0 Å². The van der Waals surface area contributed by atoms with Gasteiger partial charge in [0.15, 0.2) is 0 Å². The Morgan fingerprint density at radius 3 is 2.05 bits per heavy atom. The predicted octanol–water partition coefficient (Wildman–Crippen LogP) is 8.95. The summed E-state index contributed by atoms with van der Waals surface area (Å²) in [6, 6.07) is 27.7. The third kappa shape index (κ3) is 6.26. The molecule has 4 heteroatoms. The molecule has 0 amide bonds. The van der Waals surface area contributed by atoms with Gasteiger partial charge in [-0.25, -0.2) is 10.1 Å². The monoisotopic (exact) mass is 483 g/mol. The Hall–Kier alpha value is -4.80. The predicted molar refractivity (Wildman–Crippen MR) is 151 cm³/mol. The van der Waals surface area contributed by atoms with E-state index in [0.717, 1.165) is 35.5 Å². The van der Waals surface area contributed by atoms with Crippen LogP contribution in [-0.2, 0) is 11.2 Å². The highest BCUT2D eigenvalue weighted by Gasteiger charge is 2.13. The van der Waals surface area contributed by atoms with E-state index in [1.54, 1.807) is 12.2 Å². The van der Waals surface area contributed by atoms with Gasteiger partial charge in [0.25, 0.3) is 5.70 Å². The Morgan fingerprint density at radius 2 is 1.49 bits per heavy atom. The van der Waals surface area contributed by atoms with E-state index in [0.29, 0.717) is 17.1 Å². The average Bonchev–Trinajstić information content (AvgIpc) is 2.91. The van der Waals surface area contributed by atoms with Crippen molar-refractivity contribution in [2.45, 2.75) is 33.6 Å². The zero-order valence-electron chi connectivity index (χ0n) is 21.4. The number of rotatable bonds is 7. The minimum atomic E-state index is 0.0526. The van der Waals surface area contributed by atoms with Gasteiger partial charge in [-0.1, -0.05) is 61.4 Å². The van der Waals surface area contributed by atoms with Crippen molar-refractivity contribution < 1.29 is 4.74 Å². The largest absolute Gasteiger partial charge is 0.462 e. The van der Waals surface area contributed by atoms with Crippen molar-refractivity contribution in [2.75, 3.05) is 4.90 Å². The second kappa shape index (κ2) is 11.8. The van der Waals surface area contributed by atoms with Crippen LogP contribution in [0.25, 0.3) is 10.9 Å². The zero-order valence-corrected chi connectivity index (χ0v) is 21.4. The average molecular weight is 484 g/mol. The van der Waals surface area contributed by atoms with Gasteiger partial charge in [-0.05, 0) is 91.6 Å². The third-order valence-electron chi connectivity index (χ3n) is 6.04. The lowest BCUT2D eigenvalue weighted by Gasteiger charge is -2.26. The van der Waals surface area contributed by atoms with Crippen LogP contribution in [0.2, 0.25) is 0 Å². The zero-order chi connectivity index (χ0) is 26.2. The number of nitriles is 1. The van der Waals surface area contributed by atoms with E-state index >= 15 is 0 Å². The summed E-state index contributed by atoms with van der Waals surface area (Å²) in [4.78, 5) is 5.57. The number of hydrogen-bond donors (Lipinski definition) is 0. The topological polar surface area (TPSA) is 40.6 Å². The smallest absolute Gasteiger partial charge is 0.269 e. The van der Waals surface area contributed by atoms with Crippen LogP contribution in [0.1, 0.15) is 37.0 Å². The summed E-state index contributed by atoms with van der Waals surface area (Å²) in [6.45, 7) is 13.3. The molecule has 3 aromatic carbocycles. The lowest BCUT2D eigenvalue weighted by molar-refractivity contribution is 0.318. The molecule has 1 heterocycles. The first-order valence-corrected chi connectivity index (χ1v) is 12.3. The van der Waals surface area contributed by atoms with E-state index in [1.807, 2.05) is 25.1 Å². The van der Waals surface area contributed by atoms with Crippen molar-refractivity contribution in [1.29, 1.82) is 5.26 Å². The molecule has 0 radical (unpaired) electrons. The quantitative estimate of drug-likeness (QED) is 0.249. The molecule has 0 aromatic heterocycles. The van der Waals surface area contributed by atoms with Gasteiger partial charge in [0.05, 0.1) is 12.6 Å². The normalized spacial score (nSPS) is 14.2. The fourth-order valence-electron chi connectivity index (χ4n) is 4.19. The van der Waals surface area contributed by atoms with Crippen molar-refractivity contribution >= 4 is 23.1 Å². The molecule has 4 nitrogen and oxygen atoms in total. The minimum Gasteiger partial charge on any atom is -0.462 e. The molecule has 182 valence electrons. The van der Waals surface area contributed by atoms with Crippen LogP contribution < -0.4 is 4.90 Å². The van der Waals surface area contributed by atoms with Gasteiger partial charge >= 0.3 is 0 Å². The first-order valence-electron chi connectivity index (χ1n) is 12.3. The molecular formula is C33H29N3O. The Labute approximate surface area is 219 Å². The molecule has 3 aromatic rings. The second-order valence-electron chi connectivity index (χ2n) is 8.94. The van der Waals surface area contributed by atoms with Crippen molar-refractivity contribution in [1.82, 2.24) is 0 Å². The summed E-state index contributed by atoms with van der Waals surface area (Å²) in [7, 11) is 0. The number of anilines is 3. The lowest BCUT2D eigenvalue weighted by atomic mass is 10.1. The second-order valence-corrected chi connectivity index (χ2v) is 8.94. The molecule has 0 aliphatic carbocycles. The van der Waals surface area contributed by atoms with E-state index in [2.05, 4.69) is 96.4 Å². The van der Waals surface area contributed by atoms with Crippen LogP contribution in [0.5, 0.6) is 0 Å². The number of aryl methyl sites for hydroxylation is 2. The molecule has 1 aliphatic rings. The van der Waals surface area contributed by atoms with E-state index in [1.165, 1.54) is 11.1 Å². The SMILES string of the molecule is [C-]#[N+]/C(C#N)=C1/C=C(C)OC(/C=C/c2ccc(N(c3ccc(C)cc3)c3ccc(CCC)cc3)cc2)=C1. The fraction of sp³-hybridized carbons (Fsp3) is 0.152. The molecule has 0 N–H and O–H groups in total. The first kappa shape index (κ1) is 25.3. The molecule has 0 saturated carbocycles. The van der Waals surface area contributed by atoms with Gasteiger partial charge in [0.1, 0.15) is 11.5 Å². The Morgan fingerprint density at radius 1 is 0.892 bits per heavy atom. The summed E-state index contributed by atoms with van der Waals surface area (Å²) >= 11 is 0. The summed E-state index contributed by atoms with van der Waals surface area (Å²) in [5.74, 6) is 1.23. The van der Waals surface area contributed by atoms with Gasteiger partial charge in [-0.3, -0.25) is 0 Å². The van der Waals surface area contributed by atoms with Gasteiger partial charge in [0, 0.05) is 17.1 Å². The maximum absolute atomic E-state index is 9.20. The molecule has 1 aliphatic heterocycles. The Bertz CT molecular complexity index is 1440. The van der Waals surface area contributed by atoms with Crippen LogP contribution >= 0.6 is 0 Å². The molecule has 0 spiro atoms. The Balaban J connectivity index is 1.62. The molecule has 37 heavy (non-hydrogen) atoms. The van der Waals surface area contributed by atoms with Crippen molar-refractivity contribution in [3.8, 4) is 6.07 Å². The van der Waals surface area contributed by atoms with Crippen LogP contribution in [0.4, 0.5) is 17.1 Å². The molecule has 0 unspecified atom stereocenters. The van der Waals surface area contributed by atoms with Crippen LogP contribution in [-0.4, -0.2) is 0 Å². The number of nitrogens with zero attached hydrogens (tertiary/aromatic N) is 3. The van der Waals surface area contributed by atoms with E-state index in [4.69, 9.17) is 11.3 Å². The lowest BCUT2D eigenvalue weighted by Crippen LogP contribution is -2.10. The van der Waals surface area contributed by atoms with Crippen molar-refractivity contribution in [3.05, 3.63) is 142 Å². The highest BCUT2D eigenvalue weighted by Crippen LogP contribution is 2.35. The summed E-state index contributed by atoms with van der Waals surface area (Å²) in [5, 5.41) is 9.20. The molecule has 0 atom stereocenters. The molecule has 0 saturated heterocycles. The molecule has 0 fully saturated rings. The standard InChI is InChI=1S/C33H29N3O/c1-5-6-26-9-16-30(17-10-26)36(29-14-7-24(2)8-15-29)31-18-11-27(12-19-31)13-20-32-22-28(21-25(3)37-32)33(23-34)35-4/h7-22H,5-6H2,1-3H3/b20-13+,33-28-. The minimum absolute atomic E-state index is 0.0526. The number of hydrogen-bond acceptors (Lipinski definition) is 3. The van der Waals surface area contributed by atoms with Crippen LogP contribution in [0.15, 0.2) is 114 Å². The van der Waals surface area contributed by atoms with Gasteiger partial charge < -0.3 is 9.64 Å². The van der Waals surface area contributed by atoms with Gasteiger partial charge in [0.2, 0.25) is 0 Å². The summed E-state index contributed by atoms with van der Waals surface area (Å²) in [5.41, 5.74) is 7.48. The molecule has 0 bridgehead atoms. The molecular weight excluding hydrogens is 454 g/mol. The van der Waals surface area contributed by atoms with E-state index in [-0.39, 0.29) is 5.70 Å². The first-order chi connectivity index (χ1) is 18.0.